The van der Waals surface area contributed by atoms with Gasteiger partial charge in [-0.05, 0) is 95.0 Å². The molecule has 0 saturated heterocycles. The van der Waals surface area contributed by atoms with Crippen LogP contribution in [0.25, 0.3) is 0 Å². The zero-order chi connectivity index (χ0) is 41.2. The van der Waals surface area contributed by atoms with Crippen LogP contribution in [0.4, 0.5) is 4.39 Å². The lowest BCUT2D eigenvalue weighted by Gasteiger charge is -2.28. The van der Waals surface area contributed by atoms with Gasteiger partial charge in [0.25, 0.3) is 0 Å². The van der Waals surface area contributed by atoms with Gasteiger partial charge in [0.15, 0.2) is 0 Å². The molecule has 12 N–H and O–H groups in total. The summed E-state index contributed by atoms with van der Waals surface area (Å²) in [4.78, 5) is 0. The first-order valence-corrected chi connectivity index (χ1v) is 17.4. The molecule has 0 fully saturated rings. The van der Waals surface area contributed by atoms with Gasteiger partial charge in [-0.1, -0.05) is 40.7 Å². The highest BCUT2D eigenvalue weighted by molar-refractivity contribution is 5.46. The highest BCUT2D eigenvalue weighted by Crippen LogP contribution is 2.35. The molecule has 4 aromatic carbocycles. The Morgan fingerprint density at radius 2 is 0.870 bits per heavy atom. The number of hydrogen-bond acceptors (Lipinski definition) is 12. The molecule has 0 saturated carbocycles. The van der Waals surface area contributed by atoms with Crippen molar-refractivity contribution in [1.82, 2.24) is 0 Å². The monoisotopic (exact) mass is 760 g/mol. The van der Waals surface area contributed by atoms with Crippen molar-refractivity contribution < 1.29 is 65.7 Å². The molecule has 4 aromatic rings. The van der Waals surface area contributed by atoms with E-state index in [9.17, 15) is 29.9 Å². The summed E-state index contributed by atoms with van der Waals surface area (Å²) in [5, 5.41) is 109. The fraction of sp³-hybridized carbons (Fsp3) is 0.415. The molecule has 4 rings (SSSR count). The highest BCUT2D eigenvalue weighted by atomic mass is 19.1. The van der Waals surface area contributed by atoms with E-state index in [0.29, 0.717) is 40.2 Å². The average Bonchev–Trinajstić information content (AvgIpc) is 3.16. The molecule has 0 aliphatic rings. The van der Waals surface area contributed by atoms with Gasteiger partial charge >= 0.3 is 0 Å². The Bertz CT molecular complexity index is 1660. The molecule has 0 aliphatic heterocycles. The highest BCUT2D eigenvalue weighted by Gasteiger charge is 2.24. The topological polar surface area (TPSA) is 243 Å². The van der Waals surface area contributed by atoms with Crippen molar-refractivity contribution in [3.05, 3.63) is 116 Å². The standard InChI is InChI=1S/C15H24O3.C10H14O3.C8H9FO3.C8H10O3/c1-10(2)7-15(3,4)13-5-11(8-16)14(18)12(6-13)9-17;1-2-8-3-7(5-11)4-9(6-12)10(8)13;9-7-1-5(3-10)8(12)6(2-7)4-11;9-4-6-1-2-8(11)7(3-6)5-10/h5-6,10,16-18H,7-9H2,1-4H3;3-4,11-13H,2,5-6H2,1H3;1-2,10-12H,3-4H2;1-3,9-11H,4-5H2. The van der Waals surface area contributed by atoms with Gasteiger partial charge in [0.1, 0.15) is 28.8 Å². The number of phenols is 4. The van der Waals surface area contributed by atoms with E-state index in [1.54, 1.807) is 24.3 Å². The minimum Gasteiger partial charge on any atom is -0.508 e. The largest absolute Gasteiger partial charge is 0.508 e. The predicted molar refractivity (Wildman–Crippen MR) is 202 cm³/mol. The maximum atomic E-state index is 12.6. The van der Waals surface area contributed by atoms with E-state index in [4.69, 9.17) is 35.7 Å². The van der Waals surface area contributed by atoms with Gasteiger partial charge < -0.3 is 61.3 Å². The number of hydrogen-bond donors (Lipinski definition) is 12. The number of aliphatic hydroxyl groups excluding tert-OH is 8. The van der Waals surface area contributed by atoms with Crippen molar-refractivity contribution in [2.24, 2.45) is 5.92 Å². The number of aliphatic hydroxyl groups is 8. The van der Waals surface area contributed by atoms with E-state index in [-0.39, 0.29) is 79.2 Å². The van der Waals surface area contributed by atoms with E-state index < -0.39 is 19.0 Å². The Labute approximate surface area is 316 Å². The molecule has 0 heterocycles. The van der Waals surface area contributed by atoms with Crippen LogP contribution in [0.2, 0.25) is 0 Å². The van der Waals surface area contributed by atoms with Crippen molar-refractivity contribution in [1.29, 1.82) is 0 Å². The minimum atomic E-state index is -0.582. The molecule has 54 heavy (non-hydrogen) atoms. The Morgan fingerprint density at radius 3 is 1.26 bits per heavy atom. The molecule has 300 valence electrons. The maximum Gasteiger partial charge on any atom is 0.126 e. The smallest absolute Gasteiger partial charge is 0.126 e. The lowest BCUT2D eigenvalue weighted by atomic mass is 9.77. The number of benzene rings is 4. The fourth-order valence-electron chi connectivity index (χ4n) is 5.67. The molecule has 0 radical (unpaired) electrons. The summed E-state index contributed by atoms with van der Waals surface area (Å²) in [6, 6.07) is 13.7. The first-order valence-electron chi connectivity index (χ1n) is 17.4. The van der Waals surface area contributed by atoms with E-state index in [2.05, 4.69) is 27.7 Å². The minimum absolute atomic E-state index is 0.00379. The van der Waals surface area contributed by atoms with Crippen LogP contribution in [-0.2, 0) is 64.7 Å². The van der Waals surface area contributed by atoms with Crippen molar-refractivity contribution in [2.75, 3.05) is 0 Å². The van der Waals surface area contributed by atoms with Crippen LogP contribution >= 0.6 is 0 Å². The van der Waals surface area contributed by atoms with E-state index in [1.807, 2.05) is 19.1 Å². The van der Waals surface area contributed by atoms with E-state index in [0.717, 1.165) is 35.2 Å². The Kier molecular flexibility index (Phi) is 20.7. The third kappa shape index (κ3) is 14.2. The van der Waals surface area contributed by atoms with Crippen LogP contribution in [0, 0.1) is 11.7 Å². The fourth-order valence-corrected chi connectivity index (χ4v) is 5.67. The van der Waals surface area contributed by atoms with Crippen LogP contribution in [-0.4, -0.2) is 61.3 Å². The number of aryl methyl sites for hydroxylation is 1. The summed E-state index contributed by atoms with van der Waals surface area (Å²) in [5.74, 6) is -0.0674. The van der Waals surface area contributed by atoms with Gasteiger partial charge in [0.05, 0.1) is 52.9 Å². The summed E-state index contributed by atoms with van der Waals surface area (Å²) >= 11 is 0. The third-order valence-corrected chi connectivity index (χ3v) is 8.44. The average molecular weight is 761 g/mol. The molecule has 0 atom stereocenters. The Balaban J connectivity index is 0.000000367. The maximum absolute atomic E-state index is 12.6. The lowest BCUT2D eigenvalue weighted by Crippen LogP contribution is -2.20. The van der Waals surface area contributed by atoms with Crippen molar-refractivity contribution in [3.8, 4) is 23.0 Å². The summed E-state index contributed by atoms with van der Waals surface area (Å²) in [5.41, 5.74) is 5.21. The molecule has 12 nitrogen and oxygen atoms in total. The number of halogens is 1. The summed E-state index contributed by atoms with van der Waals surface area (Å²) in [7, 11) is 0. The molecular formula is C41H57FO12. The zero-order valence-electron chi connectivity index (χ0n) is 31.6. The van der Waals surface area contributed by atoms with Crippen molar-refractivity contribution >= 4 is 0 Å². The van der Waals surface area contributed by atoms with Crippen LogP contribution in [0.15, 0.2) is 54.6 Å². The zero-order valence-corrected chi connectivity index (χ0v) is 31.6. The van der Waals surface area contributed by atoms with Crippen LogP contribution < -0.4 is 0 Å². The lowest BCUT2D eigenvalue weighted by molar-refractivity contribution is 0.262. The Hall–Kier alpha value is -4.31. The predicted octanol–water partition coefficient (Wildman–Crippen LogP) is 4.53. The van der Waals surface area contributed by atoms with Gasteiger partial charge in [0, 0.05) is 33.4 Å². The van der Waals surface area contributed by atoms with Crippen LogP contribution in [0.3, 0.4) is 0 Å². The number of aromatic hydroxyl groups is 4. The number of rotatable bonds is 12. The molecule has 0 spiro atoms. The van der Waals surface area contributed by atoms with Crippen LogP contribution in [0.1, 0.15) is 96.7 Å². The second kappa shape index (κ2) is 23.5. The first kappa shape index (κ1) is 47.7. The molecular weight excluding hydrogens is 703 g/mol. The summed E-state index contributed by atoms with van der Waals surface area (Å²) in [6.07, 6.45) is 1.69. The Morgan fingerprint density at radius 1 is 0.500 bits per heavy atom. The molecule has 0 aromatic heterocycles. The normalized spacial score (nSPS) is 10.9. The molecule has 0 bridgehead atoms. The third-order valence-electron chi connectivity index (χ3n) is 8.44. The first-order chi connectivity index (χ1) is 25.5. The second-order valence-electron chi connectivity index (χ2n) is 13.5. The SMILES string of the molecule is CC(C)CC(C)(C)c1cc(CO)c(O)c(CO)c1.CCc1cc(CO)cc(CO)c1O.OCc1cc(F)cc(CO)c1O.OCc1ccc(O)c(CO)c1. The van der Waals surface area contributed by atoms with Crippen LogP contribution in [0.5, 0.6) is 23.0 Å². The molecule has 0 amide bonds. The van der Waals surface area contributed by atoms with E-state index in [1.165, 1.54) is 6.07 Å². The quantitative estimate of drug-likeness (QED) is 0.0953. The van der Waals surface area contributed by atoms with Gasteiger partial charge in [0.2, 0.25) is 0 Å². The van der Waals surface area contributed by atoms with Crippen molar-refractivity contribution in [2.45, 2.75) is 106 Å². The van der Waals surface area contributed by atoms with Gasteiger partial charge in [-0.25, -0.2) is 4.39 Å². The molecule has 0 unspecified atom stereocenters. The summed E-state index contributed by atoms with van der Waals surface area (Å²) in [6.45, 7) is 8.65. The van der Waals surface area contributed by atoms with Gasteiger partial charge in [-0.15, -0.1) is 0 Å². The molecule has 13 heteroatoms. The van der Waals surface area contributed by atoms with Gasteiger partial charge in [-0.2, -0.15) is 0 Å². The second-order valence-corrected chi connectivity index (χ2v) is 13.5. The van der Waals surface area contributed by atoms with E-state index >= 15 is 0 Å². The van der Waals surface area contributed by atoms with Gasteiger partial charge in [-0.3, -0.25) is 0 Å². The summed E-state index contributed by atoms with van der Waals surface area (Å²) < 4.78 is 12.6. The molecule has 0 aliphatic carbocycles. The van der Waals surface area contributed by atoms with Crippen molar-refractivity contribution in [3.63, 3.8) is 0 Å².